The van der Waals surface area contributed by atoms with Crippen molar-refractivity contribution < 1.29 is 14.0 Å². The smallest absolute Gasteiger partial charge is 0.273 e. The fourth-order valence-electron chi connectivity index (χ4n) is 2.32. The van der Waals surface area contributed by atoms with Gasteiger partial charge in [0.05, 0.1) is 6.54 Å². The van der Waals surface area contributed by atoms with Gasteiger partial charge in [0.15, 0.2) is 5.69 Å². The molecule has 0 saturated heterocycles. The van der Waals surface area contributed by atoms with Crippen LogP contribution in [-0.2, 0) is 11.3 Å². The Morgan fingerprint density at radius 3 is 2.57 bits per heavy atom. The maximum atomic E-state index is 12.2. The second kappa shape index (κ2) is 10.8. The third kappa shape index (κ3) is 6.84. The van der Waals surface area contributed by atoms with Crippen LogP contribution in [0.5, 0.6) is 0 Å². The minimum Gasteiger partial charge on any atom is -0.446 e. The molecule has 0 radical (unpaired) electrons. The van der Waals surface area contributed by atoms with Gasteiger partial charge in [0.2, 0.25) is 11.8 Å². The molecule has 0 aromatic carbocycles. The van der Waals surface area contributed by atoms with Gasteiger partial charge in [0, 0.05) is 19.5 Å². The van der Waals surface area contributed by atoms with Crippen LogP contribution in [0.25, 0.3) is 0 Å². The highest BCUT2D eigenvalue weighted by Crippen LogP contribution is 2.10. The summed E-state index contributed by atoms with van der Waals surface area (Å²) in [4.78, 5) is 29.8. The van der Waals surface area contributed by atoms with Crippen molar-refractivity contribution in [2.24, 2.45) is 0 Å². The zero-order valence-corrected chi connectivity index (χ0v) is 14.6. The standard InChI is InChI=1S/C17H29N3O3/c1-4-7-8-9-10-11-16(21)20(6-3)12-15-19-14(13-23-15)17(22)18-5-2/h13H,4-12H2,1-3H3,(H,18,22). The SMILES string of the molecule is CCCCCCCC(=O)N(CC)Cc1nc(C(=O)NCC)co1. The number of hydrogen-bond acceptors (Lipinski definition) is 4. The van der Waals surface area contributed by atoms with Gasteiger partial charge >= 0.3 is 0 Å². The first-order chi connectivity index (χ1) is 11.1. The Kier molecular flexibility index (Phi) is 9.02. The van der Waals surface area contributed by atoms with E-state index in [-0.39, 0.29) is 17.5 Å². The van der Waals surface area contributed by atoms with Crippen LogP contribution >= 0.6 is 0 Å². The highest BCUT2D eigenvalue weighted by Gasteiger charge is 2.17. The van der Waals surface area contributed by atoms with E-state index in [4.69, 9.17) is 4.42 Å². The lowest BCUT2D eigenvalue weighted by Gasteiger charge is -2.19. The maximum Gasteiger partial charge on any atom is 0.273 e. The summed E-state index contributed by atoms with van der Waals surface area (Å²) < 4.78 is 5.31. The average Bonchev–Trinajstić information content (AvgIpc) is 3.01. The molecule has 6 heteroatoms. The molecule has 0 saturated carbocycles. The van der Waals surface area contributed by atoms with Crippen molar-refractivity contribution in [3.8, 4) is 0 Å². The Hall–Kier alpha value is -1.85. The molecule has 0 aliphatic carbocycles. The third-order valence-corrected chi connectivity index (χ3v) is 3.68. The number of carbonyl (C=O) groups is 2. The number of carbonyl (C=O) groups excluding carboxylic acids is 2. The normalized spacial score (nSPS) is 10.6. The fraction of sp³-hybridized carbons (Fsp3) is 0.706. The predicted octanol–water partition coefficient (Wildman–Crippen LogP) is 3.13. The molecule has 1 aromatic rings. The molecule has 0 aliphatic rings. The summed E-state index contributed by atoms with van der Waals surface area (Å²) >= 11 is 0. The Morgan fingerprint density at radius 1 is 1.17 bits per heavy atom. The Labute approximate surface area is 138 Å². The van der Waals surface area contributed by atoms with E-state index in [1.54, 1.807) is 4.90 Å². The molecule has 1 aromatic heterocycles. The van der Waals surface area contributed by atoms with Crippen LogP contribution in [0.1, 0.15) is 75.7 Å². The zero-order valence-electron chi connectivity index (χ0n) is 14.6. The van der Waals surface area contributed by atoms with Crippen LogP contribution < -0.4 is 5.32 Å². The Morgan fingerprint density at radius 2 is 1.91 bits per heavy atom. The van der Waals surface area contributed by atoms with Gasteiger partial charge in [-0.15, -0.1) is 0 Å². The van der Waals surface area contributed by atoms with Crippen LogP contribution in [0.15, 0.2) is 10.7 Å². The molecule has 0 aliphatic heterocycles. The summed E-state index contributed by atoms with van der Waals surface area (Å²) in [6.07, 6.45) is 7.52. The van der Waals surface area contributed by atoms with Gasteiger partial charge in [-0.25, -0.2) is 4.98 Å². The van der Waals surface area contributed by atoms with Crippen molar-refractivity contribution >= 4 is 11.8 Å². The molecule has 6 nitrogen and oxygen atoms in total. The first-order valence-corrected chi connectivity index (χ1v) is 8.62. The molecule has 1 rings (SSSR count). The topological polar surface area (TPSA) is 75.4 Å². The van der Waals surface area contributed by atoms with Gasteiger partial charge in [-0.3, -0.25) is 9.59 Å². The summed E-state index contributed by atoms with van der Waals surface area (Å²) in [5.74, 6) is 0.252. The first kappa shape index (κ1) is 19.2. The number of aromatic nitrogens is 1. The predicted molar refractivity (Wildman–Crippen MR) is 89.0 cm³/mol. The van der Waals surface area contributed by atoms with Crippen molar-refractivity contribution in [2.75, 3.05) is 13.1 Å². The van der Waals surface area contributed by atoms with E-state index in [1.807, 2.05) is 13.8 Å². The number of rotatable bonds is 11. The lowest BCUT2D eigenvalue weighted by molar-refractivity contribution is -0.132. The Balaban J connectivity index is 2.46. The van der Waals surface area contributed by atoms with Gasteiger partial charge in [0.1, 0.15) is 6.26 Å². The largest absolute Gasteiger partial charge is 0.446 e. The lowest BCUT2D eigenvalue weighted by atomic mass is 10.1. The molecule has 0 atom stereocenters. The molecule has 0 unspecified atom stereocenters. The molecule has 0 spiro atoms. The van der Waals surface area contributed by atoms with Crippen molar-refractivity contribution in [2.45, 2.75) is 65.8 Å². The second-order valence-corrected chi connectivity index (χ2v) is 5.56. The van der Waals surface area contributed by atoms with E-state index in [2.05, 4.69) is 17.2 Å². The highest BCUT2D eigenvalue weighted by molar-refractivity contribution is 5.91. The number of hydrogen-bond donors (Lipinski definition) is 1. The van der Waals surface area contributed by atoms with E-state index in [1.165, 1.54) is 25.5 Å². The van der Waals surface area contributed by atoms with E-state index in [9.17, 15) is 9.59 Å². The molecule has 0 bridgehead atoms. The third-order valence-electron chi connectivity index (χ3n) is 3.68. The van der Waals surface area contributed by atoms with Crippen LogP contribution in [-0.4, -0.2) is 34.8 Å². The summed E-state index contributed by atoms with van der Waals surface area (Å²) in [5, 5.41) is 2.67. The molecule has 0 fully saturated rings. The first-order valence-electron chi connectivity index (χ1n) is 8.62. The van der Waals surface area contributed by atoms with Crippen molar-refractivity contribution in [1.82, 2.24) is 15.2 Å². The number of nitrogens with one attached hydrogen (secondary N) is 1. The van der Waals surface area contributed by atoms with E-state index in [0.717, 1.165) is 12.8 Å². The summed E-state index contributed by atoms with van der Waals surface area (Å²) in [6, 6.07) is 0. The quantitative estimate of drug-likeness (QED) is 0.635. The summed E-state index contributed by atoms with van der Waals surface area (Å²) in [7, 11) is 0. The van der Waals surface area contributed by atoms with Gasteiger partial charge in [-0.1, -0.05) is 32.6 Å². The van der Waals surface area contributed by atoms with Gasteiger partial charge in [0.25, 0.3) is 5.91 Å². The summed E-state index contributed by atoms with van der Waals surface area (Å²) in [5.41, 5.74) is 0.255. The van der Waals surface area contributed by atoms with Crippen LogP contribution in [0, 0.1) is 0 Å². The van der Waals surface area contributed by atoms with E-state index < -0.39 is 0 Å². The minimum atomic E-state index is -0.257. The van der Waals surface area contributed by atoms with Crippen molar-refractivity contribution in [3.63, 3.8) is 0 Å². The van der Waals surface area contributed by atoms with Crippen LogP contribution in [0.4, 0.5) is 0 Å². The van der Waals surface area contributed by atoms with Gasteiger partial charge in [-0.05, 0) is 20.3 Å². The molecule has 2 amide bonds. The lowest BCUT2D eigenvalue weighted by Crippen LogP contribution is -2.30. The molecular formula is C17H29N3O3. The highest BCUT2D eigenvalue weighted by atomic mass is 16.3. The molecule has 1 N–H and O–H groups in total. The van der Waals surface area contributed by atoms with Gasteiger partial charge < -0.3 is 14.6 Å². The molecule has 23 heavy (non-hydrogen) atoms. The minimum absolute atomic E-state index is 0.113. The van der Waals surface area contributed by atoms with E-state index in [0.29, 0.717) is 31.9 Å². The monoisotopic (exact) mass is 323 g/mol. The number of amides is 2. The van der Waals surface area contributed by atoms with Crippen molar-refractivity contribution in [3.05, 3.63) is 17.8 Å². The van der Waals surface area contributed by atoms with E-state index >= 15 is 0 Å². The average molecular weight is 323 g/mol. The fourth-order valence-corrected chi connectivity index (χ4v) is 2.32. The molecular weight excluding hydrogens is 294 g/mol. The second-order valence-electron chi connectivity index (χ2n) is 5.56. The Bertz CT molecular complexity index is 485. The van der Waals surface area contributed by atoms with Gasteiger partial charge in [-0.2, -0.15) is 0 Å². The van der Waals surface area contributed by atoms with Crippen molar-refractivity contribution in [1.29, 1.82) is 0 Å². The van der Waals surface area contributed by atoms with Crippen LogP contribution in [0.3, 0.4) is 0 Å². The molecule has 130 valence electrons. The number of unbranched alkanes of at least 4 members (excludes halogenated alkanes) is 4. The summed E-state index contributed by atoms with van der Waals surface area (Å²) in [6.45, 7) is 7.41. The molecule has 1 heterocycles. The zero-order chi connectivity index (χ0) is 17.1. The number of nitrogens with zero attached hydrogens (tertiary/aromatic N) is 2. The number of oxazole rings is 1. The maximum absolute atomic E-state index is 12.2. The van der Waals surface area contributed by atoms with Crippen LogP contribution in [0.2, 0.25) is 0 Å².